The van der Waals surface area contributed by atoms with Crippen LogP contribution in [0.5, 0.6) is 0 Å². The van der Waals surface area contributed by atoms with Crippen molar-refractivity contribution in [2.45, 2.75) is 25.6 Å². The van der Waals surface area contributed by atoms with Gasteiger partial charge in [0, 0.05) is 24.7 Å². The van der Waals surface area contributed by atoms with E-state index in [9.17, 15) is 18.0 Å². The molecule has 2 amide bonds. The molecule has 3 rings (SSSR count). The Balaban J connectivity index is 1.91. The molecule has 1 fully saturated rings. The summed E-state index contributed by atoms with van der Waals surface area (Å²) in [5.74, 6) is -0.885. The minimum absolute atomic E-state index is 0.103. The number of sulfonamides is 1. The number of carbonyl (C=O) groups excluding carboxylic acids is 2. The van der Waals surface area contributed by atoms with E-state index < -0.39 is 27.4 Å². The van der Waals surface area contributed by atoms with Crippen LogP contribution in [0.4, 0.5) is 0 Å². The van der Waals surface area contributed by atoms with Gasteiger partial charge >= 0.3 is 0 Å². The number of hydrogen-bond donors (Lipinski definition) is 1. The second kappa shape index (κ2) is 8.75. The number of piperazine rings is 1. The number of nitrogens with zero attached hydrogens (tertiary/aromatic N) is 2. The molecule has 1 atom stereocenters. The van der Waals surface area contributed by atoms with Crippen molar-refractivity contribution in [1.29, 1.82) is 0 Å². The van der Waals surface area contributed by atoms with E-state index in [-0.39, 0.29) is 26.2 Å². The lowest BCUT2D eigenvalue weighted by atomic mass is 9.94. The van der Waals surface area contributed by atoms with Gasteiger partial charge in [-0.05, 0) is 24.1 Å². The average Bonchev–Trinajstić information content (AvgIpc) is 2.70. The van der Waals surface area contributed by atoms with Crippen LogP contribution in [0.1, 0.15) is 18.1 Å². The van der Waals surface area contributed by atoms with Gasteiger partial charge in [-0.3, -0.25) is 9.59 Å². The highest BCUT2D eigenvalue weighted by Crippen LogP contribution is 2.28. The van der Waals surface area contributed by atoms with Crippen LogP contribution in [-0.4, -0.2) is 54.3 Å². The van der Waals surface area contributed by atoms with Gasteiger partial charge in [-0.25, -0.2) is 8.42 Å². The first kappa shape index (κ1) is 22.3. The minimum Gasteiger partial charge on any atom is -0.350 e. The van der Waals surface area contributed by atoms with Crippen LogP contribution in [0.25, 0.3) is 0 Å². The van der Waals surface area contributed by atoms with Crippen molar-refractivity contribution in [3.63, 3.8) is 0 Å². The fourth-order valence-corrected chi connectivity index (χ4v) is 4.48. The topological polar surface area (TPSA) is 86.8 Å². The molecule has 1 aliphatic heterocycles. The number of rotatable bonds is 6. The van der Waals surface area contributed by atoms with Crippen LogP contribution in [0.15, 0.2) is 54.6 Å². The molecule has 1 saturated heterocycles. The summed E-state index contributed by atoms with van der Waals surface area (Å²) < 4.78 is 25.3. The average molecular weight is 450 g/mol. The van der Waals surface area contributed by atoms with Crippen molar-refractivity contribution in [3.8, 4) is 0 Å². The molecule has 1 unspecified atom stereocenters. The minimum atomic E-state index is -3.66. The van der Waals surface area contributed by atoms with Crippen molar-refractivity contribution < 1.29 is 18.0 Å². The van der Waals surface area contributed by atoms with E-state index in [2.05, 4.69) is 5.32 Å². The molecule has 1 N–H and O–H groups in total. The Morgan fingerprint density at radius 2 is 1.77 bits per heavy atom. The molecule has 9 heteroatoms. The van der Waals surface area contributed by atoms with E-state index in [0.717, 1.165) is 16.1 Å². The summed E-state index contributed by atoms with van der Waals surface area (Å²) in [4.78, 5) is 27.6. The molecule has 2 aromatic carbocycles. The highest BCUT2D eigenvalue weighted by atomic mass is 35.5. The third kappa shape index (κ3) is 4.83. The molecule has 1 heterocycles. The Kier molecular flexibility index (Phi) is 6.50. The lowest BCUT2D eigenvalue weighted by Gasteiger charge is -2.46. The SMILES string of the molecule is CC1(C(=O)NCc2ccccc2)CN(S(C)(=O)=O)CC(=O)N1Cc1ccccc1Cl. The Bertz CT molecular complexity index is 1050. The monoisotopic (exact) mass is 449 g/mol. The molecular formula is C21H24ClN3O4S. The molecule has 1 aliphatic rings. The van der Waals surface area contributed by atoms with Crippen LogP contribution >= 0.6 is 11.6 Å². The Labute approximate surface area is 181 Å². The second-order valence-corrected chi connectivity index (χ2v) is 9.93. The first-order valence-electron chi connectivity index (χ1n) is 9.42. The fourth-order valence-electron chi connectivity index (χ4n) is 3.45. The summed E-state index contributed by atoms with van der Waals surface area (Å²) in [6.45, 7) is 1.50. The molecule has 0 aliphatic carbocycles. The molecule has 0 bridgehead atoms. The summed E-state index contributed by atoms with van der Waals surface area (Å²) in [7, 11) is -3.66. The summed E-state index contributed by atoms with van der Waals surface area (Å²) in [6.07, 6.45) is 1.03. The van der Waals surface area contributed by atoms with E-state index in [1.807, 2.05) is 30.3 Å². The van der Waals surface area contributed by atoms with Gasteiger partial charge < -0.3 is 10.2 Å². The van der Waals surface area contributed by atoms with Crippen molar-refractivity contribution in [2.24, 2.45) is 0 Å². The molecule has 7 nitrogen and oxygen atoms in total. The first-order chi connectivity index (χ1) is 14.1. The van der Waals surface area contributed by atoms with Gasteiger partial charge in [0.05, 0.1) is 12.8 Å². The summed E-state index contributed by atoms with van der Waals surface area (Å²) in [5.41, 5.74) is 0.184. The van der Waals surface area contributed by atoms with Crippen LogP contribution < -0.4 is 5.32 Å². The highest BCUT2D eigenvalue weighted by molar-refractivity contribution is 7.88. The molecule has 30 heavy (non-hydrogen) atoms. The molecule has 0 saturated carbocycles. The third-order valence-corrected chi connectivity index (χ3v) is 6.80. The van der Waals surface area contributed by atoms with Crippen LogP contribution in [0.3, 0.4) is 0 Å². The largest absolute Gasteiger partial charge is 0.350 e. The lowest BCUT2D eigenvalue weighted by Crippen LogP contribution is -2.69. The normalized spacial score (nSPS) is 20.2. The summed E-state index contributed by atoms with van der Waals surface area (Å²) >= 11 is 6.26. The molecular weight excluding hydrogens is 426 g/mol. The van der Waals surface area contributed by atoms with Gasteiger partial charge in [-0.2, -0.15) is 4.31 Å². The first-order valence-corrected chi connectivity index (χ1v) is 11.6. The third-order valence-electron chi connectivity index (χ3n) is 5.23. The van der Waals surface area contributed by atoms with Crippen molar-refractivity contribution in [3.05, 3.63) is 70.7 Å². The molecule has 0 radical (unpaired) electrons. The van der Waals surface area contributed by atoms with Gasteiger partial charge in [0.25, 0.3) is 0 Å². The molecule has 0 spiro atoms. The zero-order chi connectivity index (χ0) is 21.9. The number of amides is 2. The van der Waals surface area contributed by atoms with Gasteiger partial charge in [0.15, 0.2) is 0 Å². The number of benzene rings is 2. The maximum Gasteiger partial charge on any atom is 0.247 e. The van der Waals surface area contributed by atoms with E-state index in [0.29, 0.717) is 10.6 Å². The number of carbonyl (C=O) groups is 2. The number of halogens is 1. The summed E-state index contributed by atoms with van der Waals surface area (Å²) in [5, 5.41) is 3.32. The van der Waals surface area contributed by atoms with Crippen LogP contribution in [-0.2, 0) is 32.7 Å². The predicted molar refractivity (Wildman–Crippen MR) is 115 cm³/mol. The number of nitrogens with one attached hydrogen (secondary N) is 1. The smallest absolute Gasteiger partial charge is 0.247 e. The molecule has 2 aromatic rings. The Morgan fingerprint density at radius 3 is 2.40 bits per heavy atom. The van der Waals surface area contributed by atoms with Gasteiger partial charge in [-0.1, -0.05) is 60.1 Å². The quantitative estimate of drug-likeness (QED) is 0.730. The zero-order valence-electron chi connectivity index (χ0n) is 16.8. The highest BCUT2D eigenvalue weighted by Gasteiger charge is 2.49. The van der Waals surface area contributed by atoms with Crippen molar-refractivity contribution in [2.75, 3.05) is 19.3 Å². The Hall–Kier alpha value is -2.42. The Morgan fingerprint density at radius 1 is 1.13 bits per heavy atom. The van der Waals surface area contributed by atoms with E-state index in [1.165, 1.54) is 4.90 Å². The zero-order valence-corrected chi connectivity index (χ0v) is 18.4. The van der Waals surface area contributed by atoms with E-state index >= 15 is 0 Å². The number of hydrogen-bond acceptors (Lipinski definition) is 4. The van der Waals surface area contributed by atoms with E-state index in [1.54, 1.807) is 31.2 Å². The maximum absolute atomic E-state index is 13.2. The summed E-state index contributed by atoms with van der Waals surface area (Å²) in [6, 6.07) is 16.4. The predicted octanol–water partition coefficient (Wildman–Crippen LogP) is 2.02. The second-order valence-electron chi connectivity index (χ2n) is 7.54. The fraction of sp³-hybridized carbons (Fsp3) is 0.333. The van der Waals surface area contributed by atoms with Gasteiger partial charge in [0.1, 0.15) is 5.54 Å². The van der Waals surface area contributed by atoms with Gasteiger partial charge in [0.2, 0.25) is 21.8 Å². The lowest BCUT2D eigenvalue weighted by molar-refractivity contribution is -0.153. The van der Waals surface area contributed by atoms with E-state index in [4.69, 9.17) is 11.6 Å². The molecule has 0 aromatic heterocycles. The standard InChI is InChI=1S/C21H24ClN3O4S/c1-21(20(27)23-12-16-8-4-3-5-9-16)15-24(30(2,28)29)14-19(26)25(21)13-17-10-6-7-11-18(17)22/h3-11H,12-15H2,1-2H3,(H,23,27). The van der Waals surface area contributed by atoms with Crippen LogP contribution in [0, 0.1) is 0 Å². The van der Waals surface area contributed by atoms with Crippen LogP contribution in [0.2, 0.25) is 5.02 Å². The van der Waals surface area contributed by atoms with Crippen molar-refractivity contribution >= 4 is 33.4 Å². The molecule has 160 valence electrons. The van der Waals surface area contributed by atoms with Crippen molar-refractivity contribution in [1.82, 2.24) is 14.5 Å². The van der Waals surface area contributed by atoms with Gasteiger partial charge in [-0.15, -0.1) is 0 Å². The maximum atomic E-state index is 13.2.